The second kappa shape index (κ2) is 7.22. The molecule has 2 nitrogen and oxygen atoms in total. The van der Waals surface area contributed by atoms with Crippen molar-refractivity contribution in [2.75, 3.05) is 0 Å². The van der Waals surface area contributed by atoms with E-state index in [2.05, 4.69) is 0 Å². The van der Waals surface area contributed by atoms with Crippen LogP contribution < -0.4 is 63.3 Å². The summed E-state index contributed by atoms with van der Waals surface area (Å²) in [5.41, 5.74) is 1.49. The van der Waals surface area contributed by atoms with Crippen molar-refractivity contribution in [3.05, 3.63) is 71.8 Å². The fourth-order valence-electron chi connectivity index (χ4n) is 1.76. The van der Waals surface area contributed by atoms with Crippen LogP contribution in [0.1, 0.15) is 17.0 Å². The molecule has 0 bridgehead atoms. The van der Waals surface area contributed by atoms with Crippen LogP contribution in [0.3, 0.4) is 0 Å². The third kappa shape index (κ3) is 3.85. The van der Waals surface area contributed by atoms with E-state index in [-0.39, 0.29) is 58.2 Å². The molecule has 0 atom stereocenters. The Hall–Kier alpha value is -0.285. The van der Waals surface area contributed by atoms with Crippen LogP contribution in [0.15, 0.2) is 60.7 Å². The van der Waals surface area contributed by atoms with E-state index >= 15 is 0 Å². The molecule has 0 radical (unpaired) electrons. The van der Waals surface area contributed by atoms with Gasteiger partial charge in [0.05, 0.1) is 5.97 Å². The van der Waals surface area contributed by atoms with E-state index in [1.165, 1.54) is 0 Å². The third-order valence-corrected chi connectivity index (χ3v) is 2.50. The monoisotopic (exact) mass is 296 g/mol. The number of aliphatic carboxylic acids is 1. The van der Waals surface area contributed by atoms with E-state index in [9.17, 15) is 9.90 Å². The molecule has 80 valence electrons. The molecule has 2 aromatic carbocycles. The van der Waals surface area contributed by atoms with E-state index < -0.39 is 11.9 Å². The Morgan fingerprint density at radius 2 is 1.18 bits per heavy atom. The molecule has 0 heterocycles. The van der Waals surface area contributed by atoms with Crippen molar-refractivity contribution in [1.29, 1.82) is 0 Å². The summed E-state index contributed by atoms with van der Waals surface area (Å²) in [6.45, 7) is 0. The summed E-state index contributed by atoms with van der Waals surface area (Å²) in [4.78, 5) is 11.2. The van der Waals surface area contributed by atoms with E-state index in [0.717, 1.165) is 11.1 Å². The first-order chi connectivity index (χ1) is 7.79. The van der Waals surface area contributed by atoms with Gasteiger partial charge in [0.15, 0.2) is 0 Å². The second-order valence-electron chi connectivity index (χ2n) is 3.57. The first kappa shape index (κ1) is 14.8. The summed E-state index contributed by atoms with van der Waals surface area (Å²) >= 11 is 0. The minimum atomic E-state index is -1.07. The number of carbonyl (C=O) groups is 1. The zero-order valence-corrected chi connectivity index (χ0v) is 14.6. The predicted octanol–water partition coefficient (Wildman–Crippen LogP) is -1.43. The number of hydrogen-bond acceptors (Lipinski definition) is 2. The minimum absolute atomic E-state index is 0. The average Bonchev–Trinajstić information content (AvgIpc) is 2.31. The van der Waals surface area contributed by atoms with E-state index in [0.29, 0.717) is 0 Å². The molecule has 3 heteroatoms. The molecule has 0 unspecified atom stereocenters. The normalized spacial score (nSPS) is 9.71. The zero-order chi connectivity index (χ0) is 11.4. The Kier molecular flexibility index (Phi) is 6.27. The smallest absolute Gasteiger partial charge is 0.549 e. The number of carboxylic acids is 1. The van der Waals surface area contributed by atoms with Crippen molar-refractivity contribution < 1.29 is 68.1 Å². The van der Waals surface area contributed by atoms with Gasteiger partial charge < -0.3 is 9.90 Å². The van der Waals surface area contributed by atoms with Crippen molar-refractivity contribution in [3.8, 4) is 0 Å². The molecule has 0 aliphatic carbocycles. The summed E-state index contributed by atoms with van der Waals surface area (Å²) in [6.07, 6.45) is 0. The maximum Gasteiger partial charge on any atom is 1.00 e. The molecule has 0 spiro atoms. The Bertz CT molecular complexity index is 429. The Morgan fingerprint density at radius 1 is 0.824 bits per heavy atom. The molecular weight excluding hydrogens is 286 g/mol. The van der Waals surface area contributed by atoms with Crippen molar-refractivity contribution >= 4 is 5.97 Å². The molecule has 0 saturated heterocycles. The molecule has 17 heavy (non-hydrogen) atoms. The molecule has 0 saturated carbocycles. The zero-order valence-electron chi connectivity index (χ0n) is 9.67. The largest absolute Gasteiger partial charge is 1.00 e. The molecule has 0 fully saturated rings. The summed E-state index contributed by atoms with van der Waals surface area (Å²) < 4.78 is 0. The van der Waals surface area contributed by atoms with Crippen molar-refractivity contribution in [1.82, 2.24) is 0 Å². The summed E-state index contributed by atoms with van der Waals surface area (Å²) in [7, 11) is 0. The van der Waals surface area contributed by atoms with Crippen molar-refractivity contribution in [3.63, 3.8) is 0 Å². The maximum absolute atomic E-state index is 11.2. The van der Waals surface area contributed by atoms with E-state index in [1.54, 1.807) is 24.3 Å². The molecule has 0 aliphatic rings. The van der Waals surface area contributed by atoms with Gasteiger partial charge in [-0.3, -0.25) is 0 Å². The molecule has 0 aromatic heterocycles. The Labute approximate surface area is 149 Å². The van der Waals surface area contributed by atoms with E-state index in [4.69, 9.17) is 0 Å². The van der Waals surface area contributed by atoms with Gasteiger partial charge in [0.25, 0.3) is 0 Å². The Balaban J connectivity index is 0.00000144. The summed E-state index contributed by atoms with van der Waals surface area (Å²) in [5, 5.41) is 11.2. The van der Waals surface area contributed by atoms with Crippen molar-refractivity contribution in [2.24, 2.45) is 0 Å². The van der Waals surface area contributed by atoms with Crippen molar-refractivity contribution in [2.45, 2.75) is 5.92 Å². The van der Waals surface area contributed by atoms with Gasteiger partial charge in [-0.1, -0.05) is 60.7 Å². The first-order valence-electron chi connectivity index (χ1n) is 5.10. The van der Waals surface area contributed by atoms with Crippen LogP contribution >= 0.6 is 0 Å². The van der Waals surface area contributed by atoms with Gasteiger partial charge >= 0.3 is 58.2 Å². The number of carboxylic acid groups (broad SMARTS) is 1. The van der Waals surface area contributed by atoms with Crippen LogP contribution in [0.5, 0.6) is 0 Å². The second-order valence-corrected chi connectivity index (χ2v) is 3.57. The fraction of sp³-hybridized carbons (Fsp3) is 0.0714. The topological polar surface area (TPSA) is 40.1 Å². The van der Waals surface area contributed by atoms with Crippen LogP contribution in [-0.2, 0) is 4.79 Å². The molecule has 2 aromatic rings. The molecule has 0 N–H and O–H groups in total. The summed E-state index contributed by atoms with van der Waals surface area (Å²) in [5.74, 6) is -1.76. The number of benzene rings is 2. The van der Waals surface area contributed by atoms with Gasteiger partial charge in [0, 0.05) is 5.92 Å². The molecule has 2 rings (SSSR count). The standard InChI is InChI=1S/C14H12O2.Rb/c15-14(16)13(11-7-3-1-4-8-11)12-9-5-2-6-10-12;/h1-10,13H,(H,15,16);/q;+1/p-1. The van der Waals surface area contributed by atoms with Gasteiger partial charge in [0.2, 0.25) is 0 Å². The van der Waals surface area contributed by atoms with Crippen LogP contribution in [0, 0.1) is 0 Å². The van der Waals surface area contributed by atoms with E-state index in [1.807, 2.05) is 36.4 Å². The SMILES string of the molecule is O=C([O-])C(c1ccccc1)c1ccccc1.[Rb+]. The number of carbonyl (C=O) groups excluding carboxylic acids is 1. The van der Waals surface area contributed by atoms with Crippen LogP contribution in [-0.4, -0.2) is 5.97 Å². The minimum Gasteiger partial charge on any atom is -0.549 e. The van der Waals surface area contributed by atoms with Gasteiger partial charge in [-0.05, 0) is 11.1 Å². The van der Waals surface area contributed by atoms with Gasteiger partial charge in [-0.15, -0.1) is 0 Å². The first-order valence-corrected chi connectivity index (χ1v) is 5.10. The van der Waals surface area contributed by atoms with Crippen LogP contribution in [0.2, 0.25) is 0 Å². The van der Waals surface area contributed by atoms with Crippen LogP contribution in [0.4, 0.5) is 0 Å². The summed E-state index contributed by atoms with van der Waals surface area (Å²) in [6, 6.07) is 18.2. The quantitative estimate of drug-likeness (QED) is 0.697. The molecular formula is C14H11O2Rb. The van der Waals surface area contributed by atoms with Gasteiger partial charge in [0.1, 0.15) is 0 Å². The number of hydrogen-bond donors (Lipinski definition) is 0. The van der Waals surface area contributed by atoms with Gasteiger partial charge in [-0.25, -0.2) is 0 Å². The number of rotatable bonds is 3. The van der Waals surface area contributed by atoms with Gasteiger partial charge in [-0.2, -0.15) is 0 Å². The fourth-order valence-corrected chi connectivity index (χ4v) is 1.76. The average molecular weight is 297 g/mol. The Morgan fingerprint density at radius 3 is 1.47 bits per heavy atom. The molecule has 0 amide bonds. The molecule has 0 aliphatic heterocycles. The third-order valence-electron chi connectivity index (χ3n) is 2.50. The maximum atomic E-state index is 11.2. The predicted molar refractivity (Wildman–Crippen MR) is 59.7 cm³/mol. The van der Waals surface area contributed by atoms with Crippen LogP contribution in [0.25, 0.3) is 0 Å².